The Bertz CT molecular complexity index is 1050. The minimum Gasteiger partial charge on any atom is -0.507 e. The van der Waals surface area contributed by atoms with Gasteiger partial charge in [-0.05, 0) is 35.9 Å². The molecule has 7 heteroatoms. The van der Waals surface area contributed by atoms with Crippen LogP contribution in [0.15, 0.2) is 54.6 Å². The average molecular weight is 385 g/mol. The van der Waals surface area contributed by atoms with E-state index in [1.165, 1.54) is 25.1 Å². The SMILES string of the molecule is C[C@H](NC(=O)COC(=O)c1cc2ccccc2cc1O)c1ccc(F)cc1F. The summed E-state index contributed by atoms with van der Waals surface area (Å²) in [6.45, 7) is 0.906. The van der Waals surface area contributed by atoms with E-state index >= 15 is 0 Å². The summed E-state index contributed by atoms with van der Waals surface area (Å²) < 4.78 is 31.7. The Balaban J connectivity index is 1.62. The first kappa shape index (κ1) is 19.3. The number of hydrogen-bond acceptors (Lipinski definition) is 4. The Morgan fingerprint density at radius 1 is 1.07 bits per heavy atom. The van der Waals surface area contributed by atoms with Gasteiger partial charge in [0.15, 0.2) is 6.61 Å². The van der Waals surface area contributed by atoms with Crippen molar-refractivity contribution in [2.24, 2.45) is 0 Å². The molecule has 3 rings (SSSR count). The standard InChI is InChI=1S/C21H17F2NO4/c1-12(16-7-6-15(22)10-18(16)23)24-20(26)11-28-21(27)17-8-13-4-2-3-5-14(13)9-19(17)25/h2-10,12,25H,11H2,1H3,(H,24,26)/t12-/m0/s1. The lowest BCUT2D eigenvalue weighted by molar-refractivity contribution is -0.124. The Morgan fingerprint density at radius 2 is 1.75 bits per heavy atom. The topological polar surface area (TPSA) is 75.6 Å². The summed E-state index contributed by atoms with van der Waals surface area (Å²) in [6.07, 6.45) is 0. The van der Waals surface area contributed by atoms with Crippen LogP contribution in [0.5, 0.6) is 5.75 Å². The molecule has 0 saturated carbocycles. The zero-order valence-corrected chi connectivity index (χ0v) is 14.9. The monoisotopic (exact) mass is 385 g/mol. The fraction of sp³-hybridized carbons (Fsp3) is 0.143. The van der Waals surface area contributed by atoms with Gasteiger partial charge < -0.3 is 15.2 Å². The van der Waals surface area contributed by atoms with Gasteiger partial charge in [-0.25, -0.2) is 13.6 Å². The van der Waals surface area contributed by atoms with Gasteiger partial charge >= 0.3 is 5.97 Å². The van der Waals surface area contributed by atoms with Crippen LogP contribution in [0.25, 0.3) is 10.8 Å². The number of phenols is 1. The molecule has 0 aliphatic carbocycles. The van der Waals surface area contributed by atoms with Gasteiger partial charge in [-0.15, -0.1) is 0 Å². The molecule has 0 spiro atoms. The maximum absolute atomic E-state index is 13.8. The molecule has 3 aromatic carbocycles. The summed E-state index contributed by atoms with van der Waals surface area (Å²) in [4.78, 5) is 24.2. The number of benzene rings is 3. The fourth-order valence-electron chi connectivity index (χ4n) is 2.81. The molecule has 0 fully saturated rings. The quantitative estimate of drug-likeness (QED) is 0.654. The lowest BCUT2D eigenvalue weighted by Gasteiger charge is -2.15. The van der Waals surface area contributed by atoms with E-state index in [1.54, 1.807) is 24.3 Å². The maximum Gasteiger partial charge on any atom is 0.342 e. The second-order valence-electron chi connectivity index (χ2n) is 6.25. The van der Waals surface area contributed by atoms with Gasteiger partial charge in [0.1, 0.15) is 22.9 Å². The second kappa shape index (κ2) is 8.04. The molecule has 28 heavy (non-hydrogen) atoms. The summed E-state index contributed by atoms with van der Waals surface area (Å²) in [5.74, 6) is -3.29. The predicted molar refractivity (Wildman–Crippen MR) is 98.8 cm³/mol. The summed E-state index contributed by atoms with van der Waals surface area (Å²) in [5, 5.41) is 14.0. The third-order valence-electron chi connectivity index (χ3n) is 4.22. The molecule has 0 saturated heterocycles. The van der Waals surface area contributed by atoms with Crippen molar-refractivity contribution in [2.45, 2.75) is 13.0 Å². The predicted octanol–water partition coefficient (Wildman–Crippen LogP) is 3.86. The van der Waals surface area contributed by atoms with Gasteiger partial charge in [0.05, 0.1) is 6.04 Å². The smallest absolute Gasteiger partial charge is 0.342 e. The van der Waals surface area contributed by atoms with Crippen LogP contribution in [0, 0.1) is 11.6 Å². The number of phenolic OH excluding ortho intramolecular Hbond substituents is 1. The van der Waals surface area contributed by atoms with Crippen LogP contribution < -0.4 is 5.32 Å². The van der Waals surface area contributed by atoms with Crippen molar-refractivity contribution < 1.29 is 28.2 Å². The highest BCUT2D eigenvalue weighted by Crippen LogP contribution is 2.25. The number of halogens is 2. The first-order chi connectivity index (χ1) is 13.3. The third kappa shape index (κ3) is 4.25. The number of ether oxygens (including phenoxy) is 1. The molecular formula is C21H17F2NO4. The van der Waals surface area contributed by atoms with Gasteiger partial charge in [0.25, 0.3) is 5.91 Å². The highest BCUT2D eigenvalue weighted by Gasteiger charge is 2.18. The summed E-state index contributed by atoms with van der Waals surface area (Å²) in [7, 11) is 0. The van der Waals surface area contributed by atoms with Crippen LogP contribution >= 0.6 is 0 Å². The first-order valence-electron chi connectivity index (χ1n) is 8.48. The molecule has 0 heterocycles. The zero-order chi connectivity index (χ0) is 20.3. The van der Waals surface area contributed by atoms with Crippen LogP contribution in [0.4, 0.5) is 8.78 Å². The first-order valence-corrected chi connectivity index (χ1v) is 8.48. The maximum atomic E-state index is 13.8. The van der Waals surface area contributed by atoms with E-state index in [-0.39, 0.29) is 16.9 Å². The van der Waals surface area contributed by atoms with Crippen molar-refractivity contribution in [2.75, 3.05) is 6.61 Å². The summed E-state index contributed by atoms with van der Waals surface area (Å²) in [6, 6.07) is 12.4. The van der Waals surface area contributed by atoms with Crippen molar-refractivity contribution >= 4 is 22.6 Å². The molecule has 0 radical (unpaired) electrons. The molecule has 2 N–H and O–H groups in total. The molecule has 5 nitrogen and oxygen atoms in total. The summed E-state index contributed by atoms with van der Waals surface area (Å²) >= 11 is 0. The van der Waals surface area contributed by atoms with Gasteiger partial charge in [-0.1, -0.05) is 30.3 Å². The van der Waals surface area contributed by atoms with Gasteiger partial charge in [-0.3, -0.25) is 4.79 Å². The molecule has 3 aromatic rings. The Labute approximate surface area is 159 Å². The van der Waals surface area contributed by atoms with Gasteiger partial charge in [-0.2, -0.15) is 0 Å². The van der Waals surface area contributed by atoms with E-state index < -0.39 is 36.2 Å². The number of hydrogen-bond donors (Lipinski definition) is 2. The zero-order valence-electron chi connectivity index (χ0n) is 14.9. The van der Waals surface area contributed by atoms with Crippen LogP contribution in [-0.4, -0.2) is 23.6 Å². The second-order valence-corrected chi connectivity index (χ2v) is 6.25. The van der Waals surface area contributed by atoms with Crippen LogP contribution in [0.1, 0.15) is 28.9 Å². The lowest BCUT2D eigenvalue weighted by atomic mass is 10.1. The number of amides is 1. The van der Waals surface area contributed by atoms with E-state index in [1.807, 2.05) is 0 Å². The fourth-order valence-corrected chi connectivity index (χ4v) is 2.81. The molecule has 0 aliphatic heterocycles. The Hall–Kier alpha value is -3.48. The van der Waals surface area contributed by atoms with Crippen LogP contribution in [-0.2, 0) is 9.53 Å². The van der Waals surface area contributed by atoms with Crippen molar-refractivity contribution in [1.82, 2.24) is 5.32 Å². The molecular weight excluding hydrogens is 368 g/mol. The lowest BCUT2D eigenvalue weighted by Crippen LogP contribution is -2.31. The highest BCUT2D eigenvalue weighted by atomic mass is 19.1. The van der Waals surface area contributed by atoms with E-state index in [0.29, 0.717) is 0 Å². The van der Waals surface area contributed by atoms with Crippen molar-refractivity contribution in [1.29, 1.82) is 0 Å². The van der Waals surface area contributed by atoms with Crippen molar-refractivity contribution in [3.05, 3.63) is 77.4 Å². The highest BCUT2D eigenvalue weighted by molar-refractivity contribution is 5.99. The molecule has 144 valence electrons. The molecule has 0 aromatic heterocycles. The number of nitrogens with one attached hydrogen (secondary N) is 1. The number of fused-ring (bicyclic) bond motifs is 1. The minimum atomic E-state index is -0.862. The van der Waals surface area contributed by atoms with E-state index in [2.05, 4.69) is 5.32 Å². The summed E-state index contributed by atoms with van der Waals surface area (Å²) in [5.41, 5.74) is 0.0392. The number of aromatic hydroxyl groups is 1. The van der Waals surface area contributed by atoms with Crippen LogP contribution in [0.2, 0.25) is 0 Å². The Morgan fingerprint density at radius 3 is 2.43 bits per heavy atom. The average Bonchev–Trinajstić information content (AvgIpc) is 2.65. The van der Waals surface area contributed by atoms with Crippen LogP contribution in [0.3, 0.4) is 0 Å². The molecule has 1 atom stereocenters. The van der Waals surface area contributed by atoms with Crippen molar-refractivity contribution in [3.63, 3.8) is 0 Å². The van der Waals surface area contributed by atoms with Gasteiger partial charge in [0, 0.05) is 11.6 Å². The number of esters is 1. The molecule has 0 bridgehead atoms. The van der Waals surface area contributed by atoms with E-state index in [0.717, 1.165) is 22.9 Å². The molecule has 0 aliphatic rings. The molecule has 1 amide bonds. The normalized spacial score (nSPS) is 11.8. The minimum absolute atomic E-state index is 0.0656. The Kier molecular flexibility index (Phi) is 5.54. The molecule has 0 unspecified atom stereocenters. The number of rotatable bonds is 5. The third-order valence-corrected chi connectivity index (χ3v) is 4.22. The number of carbonyl (C=O) groups is 2. The van der Waals surface area contributed by atoms with Crippen molar-refractivity contribution in [3.8, 4) is 5.75 Å². The van der Waals surface area contributed by atoms with Gasteiger partial charge in [0.2, 0.25) is 0 Å². The van der Waals surface area contributed by atoms with E-state index in [4.69, 9.17) is 4.74 Å². The van der Waals surface area contributed by atoms with E-state index in [9.17, 15) is 23.5 Å². The largest absolute Gasteiger partial charge is 0.507 e. The number of carbonyl (C=O) groups excluding carboxylic acids is 2.